The standard InChI is InChI=1S/C44H57N3.2ClH.Co/c1-32-28-37(30-45-43-39(33-16-6-2-7-17-33)24-14-25-40(43)34-18-8-3-9-19-34)47-38(29-32)31-46-44-41(35-20-10-4-11-21-35)26-15-27-42(44)36-22-12-5-13-23-36;;;/h14-15,24-31,33-36H,2-13,16-23H2,1H3;2*1H;/q;;;+2/p-2. The fourth-order valence-electron chi connectivity index (χ4n) is 9.55. The molecule has 3 aromatic rings. The smallest absolute Gasteiger partial charge is 1.00 e. The zero-order valence-corrected chi connectivity index (χ0v) is 32.7. The Morgan fingerprint density at radius 1 is 0.480 bits per heavy atom. The van der Waals surface area contributed by atoms with Crippen molar-refractivity contribution in [2.75, 3.05) is 0 Å². The number of benzene rings is 2. The molecule has 4 fully saturated rings. The van der Waals surface area contributed by atoms with E-state index in [0.29, 0.717) is 23.7 Å². The topological polar surface area (TPSA) is 37.6 Å². The van der Waals surface area contributed by atoms with Crippen molar-refractivity contribution < 1.29 is 41.6 Å². The maximum atomic E-state index is 5.35. The first-order valence-corrected chi connectivity index (χ1v) is 19.6. The van der Waals surface area contributed by atoms with E-state index in [4.69, 9.17) is 15.0 Å². The van der Waals surface area contributed by atoms with Gasteiger partial charge >= 0.3 is 16.8 Å². The molecule has 271 valence electrons. The number of para-hydroxylation sites is 2. The average molecular weight is 758 g/mol. The molecule has 4 saturated carbocycles. The predicted molar refractivity (Wildman–Crippen MR) is 200 cm³/mol. The molecule has 0 amide bonds. The van der Waals surface area contributed by atoms with Gasteiger partial charge in [-0.05, 0) is 122 Å². The minimum atomic E-state index is 0. The molecule has 7 rings (SSSR count). The van der Waals surface area contributed by atoms with Crippen LogP contribution in [-0.4, -0.2) is 17.4 Å². The van der Waals surface area contributed by atoms with Crippen LogP contribution < -0.4 is 24.8 Å². The number of nitrogens with zero attached hydrogens (tertiary/aromatic N) is 3. The minimum Gasteiger partial charge on any atom is -1.00 e. The zero-order valence-electron chi connectivity index (χ0n) is 30.2. The molecule has 0 N–H and O–H groups in total. The molecule has 1 radical (unpaired) electrons. The van der Waals surface area contributed by atoms with Gasteiger partial charge in [-0.3, -0.25) is 9.98 Å². The van der Waals surface area contributed by atoms with E-state index in [1.165, 1.54) is 168 Å². The first kappa shape index (κ1) is 40.8. The van der Waals surface area contributed by atoms with Crippen LogP contribution >= 0.6 is 0 Å². The minimum absolute atomic E-state index is 0. The number of aliphatic imine (C=N–C) groups is 2. The average Bonchev–Trinajstić information content (AvgIpc) is 3.14. The SMILES string of the molecule is Cc1cc(C=Nc2c(C3CCCCC3)cccc2C2CCCCC2)nc(C=Nc2c(C3CCCCC3)cccc2C2CCCCC2)c1.[Cl-].[Cl-].[Co+2]. The third kappa shape index (κ3) is 10.1. The Hall–Kier alpha value is -1.98. The molecular weight excluding hydrogens is 700 g/mol. The molecule has 0 atom stereocenters. The van der Waals surface area contributed by atoms with Crippen LogP contribution in [0.2, 0.25) is 0 Å². The van der Waals surface area contributed by atoms with E-state index in [1.54, 1.807) is 0 Å². The van der Waals surface area contributed by atoms with Gasteiger partial charge in [-0.25, -0.2) is 4.98 Å². The second-order valence-corrected chi connectivity index (χ2v) is 15.4. The molecule has 2 aromatic carbocycles. The first-order chi connectivity index (χ1) is 23.2. The van der Waals surface area contributed by atoms with Gasteiger partial charge in [0.1, 0.15) is 0 Å². The van der Waals surface area contributed by atoms with Gasteiger partial charge in [-0.1, -0.05) is 113 Å². The Morgan fingerprint density at radius 2 is 0.760 bits per heavy atom. The molecule has 0 saturated heterocycles. The molecule has 4 aliphatic carbocycles. The van der Waals surface area contributed by atoms with E-state index in [2.05, 4.69) is 67.9 Å². The van der Waals surface area contributed by atoms with Crippen molar-refractivity contribution in [1.82, 2.24) is 4.98 Å². The Bertz CT molecular complexity index is 1360. The van der Waals surface area contributed by atoms with Crippen LogP contribution in [-0.2, 0) is 16.8 Å². The van der Waals surface area contributed by atoms with Gasteiger partial charge in [-0.15, -0.1) is 0 Å². The van der Waals surface area contributed by atoms with E-state index in [9.17, 15) is 0 Å². The van der Waals surface area contributed by atoms with E-state index >= 15 is 0 Å². The number of rotatable bonds is 8. The third-order valence-corrected chi connectivity index (χ3v) is 12.0. The van der Waals surface area contributed by atoms with Crippen molar-refractivity contribution in [2.24, 2.45) is 9.98 Å². The number of halogens is 2. The largest absolute Gasteiger partial charge is 2.00 e. The molecule has 0 aliphatic heterocycles. The third-order valence-electron chi connectivity index (χ3n) is 12.0. The molecule has 0 bridgehead atoms. The van der Waals surface area contributed by atoms with Crippen LogP contribution in [0.25, 0.3) is 0 Å². The van der Waals surface area contributed by atoms with E-state index in [0.717, 1.165) is 11.4 Å². The van der Waals surface area contributed by atoms with Gasteiger partial charge in [0.05, 0.1) is 35.2 Å². The van der Waals surface area contributed by atoms with Crippen molar-refractivity contribution in [3.63, 3.8) is 0 Å². The van der Waals surface area contributed by atoms with Crippen molar-refractivity contribution >= 4 is 23.8 Å². The van der Waals surface area contributed by atoms with Crippen molar-refractivity contribution in [2.45, 2.75) is 159 Å². The van der Waals surface area contributed by atoms with E-state index in [-0.39, 0.29) is 41.6 Å². The number of hydrogen-bond donors (Lipinski definition) is 0. The normalized spacial score (nSPS) is 19.9. The summed E-state index contributed by atoms with van der Waals surface area (Å²) in [5, 5.41) is 0. The summed E-state index contributed by atoms with van der Waals surface area (Å²) >= 11 is 0. The van der Waals surface area contributed by atoms with Crippen LogP contribution in [0.5, 0.6) is 0 Å². The number of aromatic nitrogens is 1. The summed E-state index contributed by atoms with van der Waals surface area (Å²) in [4.78, 5) is 15.8. The quantitative estimate of drug-likeness (QED) is 0.227. The van der Waals surface area contributed by atoms with Crippen molar-refractivity contribution in [1.29, 1.82) is 0 Å². The molecule has 0 spiro atoms. The second-order valence-electron chi connectivity index (χ2n) is 15.4. The summed E-state index contributed by atoms with van der Waals surface area (Å²) in [5.74, 6) is 2.54. The molecule has 0 unspecified atom stereocenters. The summed E-state index contributed by atoms with van der Waals surface area (Å²) in [6.45, 7) is 2.18. The fraction of sp³-hybridized carbons (Fsp3) is 0.568. The summed E-state index contributed by atoms with van der Waals surface area (Å²) in [6, 6.07) is 18.5. The predicted octanol–water partition coefficient (Wildman–Crippen LogP) is 7.09. The molecule has 1 heterocycles. The molecule has 6 heteroatoms. The summed E-state index contributed by atoms with van der Waals surface area (Å²) in [6.07, 6.45) is 30.7. The van der Waals surface area contributed by atoms with Crippen LogP contribution in [0, 0.1) is 6.92 Å². The second kappa shape index (κ2) is 20.3. The van der Waals surface area contributed by atoms with Gasteiger partial charge < -0.3 is 24.8 Å². The maximum Gasteiger partial charge on any atom is 2.00 e. The van der Waals surface area contributed by atoms with Crippen molar-refractivity contribution in [3.8, 4) is 0 Å². The van der Waals surface area contributed by atoms with Gasteiger partial charge in [0.2, 0.25) is 0 Å². The van der Waals surface area contributed by atoms with E-state index < -0.39 is 0 Å². The zero-order chi connectivity index (χ0) is 31.8. The molecule has 50 heavy (non-hydrogen) atoms. The Labute approximate surface area is 325 Å². The number of pyridine rings is 1. The van der Waals surface area contributed by atoms with Gasteiger partial charge in [0, 0.05) is 0 Å². The van der Waals surface area contributed by atoms with Gasteiger partial charge in [-0.2, -0.15) is 0 Å². The monoisotopic (exact) mass is 756 g/mol. The molecule has 1 aromatic heterocycles. The summed E-state index contributed by atoms with van der Waals surface area (Å²) in [7, 11) is 0. The van der Waals surface area contributed by atoms with E-state index in [1.807, 2.05) is 0 Å². The Balaban J connectivity index is 0.00000187. The van der Waals surface area contributed by atoms with Crippen LogP contribution in [0.4, 0.5) is 11.4 Å². The fourth-order valence-corrected chi connectivity index (χ4v) is 9.55. The maximum absolute atomic E-state index is 5.35. The van der Waals surface area contributed by atoms with Crippen LogP contribution in [0.3, 0.4) is 0 Å². The molecular formula is C44H57Cl2CoN3. The van der Waals surface area contributed by atoms with Crippen LogP contribution in [0.1, 0.15) is 191 Å². The Kier molecular flexibility index (Phi) is 16.6. The van der Waals surface area contributed by atoms with Gasteiger partial charge in [0.25, 0.3) is 0 Å². The molecule has 4 aliphatic rings. The molecule has 3 nitrogen and oxygen atoms in total. The number of hydrogen-bond acceptors (Lipinski definition) is 3. The Morgan fingerprint density at radius 3 is 1.04 bits per heavy atom. The summed E-state index contributed by atoms with van der Waals surface area (Å²) < 4.78 is 0. The van der Waals surface area contributed by atoms with Crippen molar-refractivity contribution in [3.05, 3.63) is 87.7 Å². The van der Waals surface area contributed by atoms with Crippen LogP contribution in [0.15, 0.2) is 58.5 Å². The summed E-state index contributed by atoms with van der Waals surface area (Å²) in [5.41, 5.74) is 11.5. The van der Waals surface area contributed by atoms with Gasteiger partial charge in [0.15, 0.2) is 0 Å². The first-order valence-electron chi connectivity index (χ1n) is 19.6. The number of aryl methyl sites for hydroxylation is 1.